The van der Waals surface area contributed by atoms with Gasteiger partial charge < -0.3 is 5.11 Å². The number of aliphatic hydroxyl groups is 1. The maximum Gasteiger partial charge on any atom is 0.0635 e. The summed E-state index contributed by atoms with van der Waals surface area (Å²) in [5.74, 6) is 0. The molecule has 0 saturated heterocycles. The van der Waals surface area contributed by atoms with Gasteiger partial charge in [0, 0.05) is 19.7 Å². The van der Waals surface area contributed by atoms with Crippen LogP contribution in [0.4, 0.5) is 0 Å². The summed E-state index contributed by atoms with van der Waals surface area (Å²) in [5, 5.41) is 14.0. The number of aromatic nitrogens is 2. The van der Waals surface area contributed by atoms with Crippen molar-refractivity contribution < 1.29 is 5.11 Å². The molecular formula is C10H16N2O. The van der Waals surface area contributed by atoms with Crippen LogP contribution in [0, 0.1) is 5.41 Å². The van der Waals surface area contributed by atoms with E-state index in [-0.39, 0.29) is 11.5 Å². The van der Waals surface area contributed by atoms with Gasteiger partial charge in [0.25, 0.3) is 0 Å². The molecule has 2 rings (SSSR count). The van der Waals surface area contributed by atoms with Crippen molar-refractivity contribution in [1.29, 1.82) is 0 Å². The summed E-state index contributed by atoms with van der Waals surface area (Å²) < 4.78 is 1.78. The minimum Gasteiger partial charge on any atom is -0.392 e. The van der Waals surface area contributed by atoms with Gasteiger partial charge in [-0.1, -0.05) is 6.92 Å². The molecule has 1 aliphatic carbocycles. The van der Waals surface area contributed by atoms with Crippen molar-refractivity contribution in [3.05, 3.63) is 18.0 Å². The van der Waals surface area contributed by atoms with Gasteiger partial charge >= 0.3 is 0 Å². The van der Waals surface area contributed by atoms with E-state index >= 15 is 0 Å². The van der Waals surface area contributed by atoms with Gasteiger partial charge in [0.05, 0.1) is 12.3 Å². The Bertz CT molecular complexity index is 302. The van der Waals surface area contributed by atoms with Gasteiger partial charge in [-0.05, 0) is 23.8 Å². The van der Waals surface area contributed by atoms with Crippen LogP contribution < -0.4 is 0 Å². The maximum absolute atomic E-state index is 9.87. The zero-order valence-corrected chi connectivity index (χ0v) is 8.20. The fraction of sp³-hybridized carbons (Fsp3) is 0.700. The molecule has 1 heterocycles. The lowest BCUT2D eigenvalue weighted by Crippen LogP contribution is -2.21. The summed E-state index contributed by atoms with van der Waals surface area (Å²) >= 11 is 0. The Morgan fingerprint density at radius 1 is 1.69 bits per heavy atom. The van der Waals surface area contributed by atoms with Crippen LogP contribution in [0.5, 0.6) is 0 Å². The van der Waals surface area contributed by atoms with Crippen LogP contribution in [0.3, 0.4) is 0 Å². The standard InChI is InChI=1S/C10H16N2O/c1-10(3-4-10)9(13)5-8-6-11-12(2)7-8/h6-7,9,13H,3-5H2,1-2H3. The van der Waals surface area contributed by atoms with E-state index in [4.69, 9.17) is 0 Å². The molecule has 0 aliphatic heterocycles. The number of hydrogen-bond donors (Lipinski definition) is 1. The number of aliphatic hydroxyl groups excluding tert-OH is 1. The van der Waals surface area contributed by atoms with Crippen LogP contribution in [-0.4, -0.2) is 21.0 Å². The molecule has 72 valence electrons. The normalized spacial score (nSPS) is 21.5. The highest BCUT2D eigenvalue weighted by Gasteiger charge is 2.43. The van der Waals surface area contributed by atoms with Crippen molar-refractivity contribution in [2.24, 2.45) is 12.5 Å². The first-order valence-corrected chi connectivity index (χ1v) is 4.76. The minimum atomic E-state index is -0.198. The maximum atomic E-state index is 9.87. The van der Waals surface area contributed by atoms with E-state index in [1.54, 1.807) is 4.68 Å². The molecule has 13 heavy (non-hydrogen) atoms. The van der Waals surface area contributed by atoms with Crippen molar-refractivity contribution in [2.45, 2.75) is 32.3 Å². The fourth-order valence-corrected chi connectivity index (χ4v) is 1.58. The summed E-state index contributed by atoms with van der Waals surface area (Å²) in [5.41, 5.74) is 1.32. The highest BCUT2D eigenvalue weighted by atomic mass is 16.3. The third-order valence-electron chi connectivity index (χ3n) is 3.03. The van der Waals surface area contributed by atoms with Gasteiger partial charge in [-0.3, -0.25) is 4.68 Å². The van der Waals surface area contributed by atoms with Gasteiger partial charge in [0.2, 0.25) is 0 Å². The van der Waals surface area contributed by atoms with Gasteiger partial charge in [0.1, 0.15) is 0 Å². The predicted octanol–water partition coefficient (Wildman–Crippen LogP) is 1.12. The third-order valence-corrected chi connectivity index (χ3v) is 3.03. The Labute approximate surface area is 78.4 Å². The monoisotopic (exact) mass is 180 g/mol. The highest BCUT2D eigenvalue weighted by molar-refractivity contribution is 5.08. The topological polar surface area (TPSA) is 38.0 Å². The van der Waals surface area contributed by atoms with E-state index in [1.807, 2.05) is 19.4 Å². The van der Waals surface area contributed by atoms with E-state index in [0.29, 0.717) is 0 Å². The molecule has 1 unspecified atom stereocenters. The Morgan fingerprint density at radius 2 is 2.38 bits per heavy atom. The summed E-state index contributed by atoms with van der Waals surface area (Å²) in [7, 11) is 1.90. The second-order valence-corrected chi connectivity index (χ2v) is 4.40. The molecule has 1 aliphatic rings. The first-order valence-electron chi connectivity index (χ1n) is 4.76. The second-order valence-electron chi connectivity index (χ2n) is 4.40. The molecule has 1 aromatic heterocycles. The molecule has 0 bridgehead atoms. The average Bonchev–Trinajstić information content (AvgIpc) is 2.69. The lowest BCUT2D eigenvalue weighted by atomic mass is 9.97. The molecule has 0 amide bonds. The summed E-state index contributed by atoms with van der Waals surface area (Å²) in [6.07, 6.45) is 6.66. The first kappa shape index (κ1) is 8.75. The second kappa shape index (κ2) is 2.84. The summed E-state index contributed by atoms with van der Waals surface area (Å²) in [6, 6.07) is 0. The van der Waals surface area contributed by atoms with Crippen LogP contribution in [0.1, 0.15) is 25.3 Å². The van der Waals surface area contributed by atoms with E-state index in [1.165, 1.54) is 0 Å². The third kappa shape index (κ3) is 1.75. The van der Waals surface area contributed by atoms with Crippen molar-refractivity contribution >= 4 is 0 Å². The van der Waals surface area contributed by atoms with E-state index in [2.05, 4.69) is 12.0 Å². The van der Waals surface area contributed by atoms with Crippen LogP contribution in [-0.2, 0) is 13.5 Å². The van der Waals surface area contributed by atoms with E-state index in [0.717, 1.165) is 24.8 Å². The lowest BCUT2D eigenvalue weighted by molar-refractivity contribution is 0.103. The Kier molecular flexibility index (Phi) is 1.91. The van der Waals surface area contributed by atoms with Crippen molar-refractivity contribution in [1.82, 2.24) is 9.78 Å². The number of hydrogen-bond acceptors (Lipinski definition) is 2. The molecule has 0 aromatic carbocycles. The largest absolute Gasteiger partial charge is 0.392 e. The predicted molar refractivity (Wildman–Crippen MR) is 50.3 cm³/mol. The number of nitrogens with zero attached hydrogens (tertiary/aromatic N) is 2. The molecule has 1 aromatic rings. The van der Waals surface area contributed by atoms with Gasteiger partial charge in [-0.15, -0.1) is 0 Å². The molecule has 3 heteroatoms. The molecule has 1 atom stereocenters. The van der Waals surface area contributed by atoms with Crippen molar-refractivity contribution in [2.75, 3.05) is 0 Å². The molecule has 1 fully saturated rings. The van der Waals surface area contributed by atoms with E-state index < -0.39 is 0 Å². The lowest BCUT2D eigenvalue weighted by Gasteiger charge is -2.15. The fourth-order valence-electron chi connectivity index (χ4n) is 1.58. The van der Waals surface area contributed by atoms with Gasteiger partial charge in [-0.2, -0.15) is 5.10 Å². The highest BCUT2D eigenvalue weighted by Crippen LogP contribution is 2.48. The van der Waals surface area contributed by atoms with Crippen LogP contribution in [0.15, 0.2) is 12.4 Å². The van der Waals surface area contributed by atoms with Crippen LogP contribution in [0.25, 0.3) is 0 Å². The van der Waals surface area contributed by atoms with Crippen LogP contribution in [0.2, 0.25) is 0 Å². The number of rotatable bonds is 3. The summed E-state index contributed by atoms with van der Waals surface area (Å²) in [6.45, 7) is 2.15. The minimum absolute atomic E-state index is 0.190. The molecule has 1 saturated carbocycles. The van der Waals surface area contributed by atoms with Crippen LogP contribution >= 0.6 is 0 Å². The zero-order chi connectivity index (χ0) is 9.47. The summed E-state index contributed by atoms with van der Waals surface area (Å²) in [4.78, 5) is 0. The van der Waals surface area contributed by atoms with Crippen molar-refractivity contribution in [3.8, 4) is 0 Å². The Balaban J connectivity index is 1.98. The Morgan fingerprint density at radius 3 is 2.85 bits per heavy atom. The average molecular weight is 180 g/mol. The smallest absolute Gasteiger partial charge is 0.0635 e. The zero-order valence-electron chi connectivity index (χ0n) is 8.20. The quantitative estimate of drug-likeness (QED) is 0.757. The molecule has 3 nitrogen and oxygen atoms in total. The van der Waals surface area contributed by atoms with E-state index in [9.17, 15) is 5.11 Å². The first-order chi connectivity index (χ1) is 6.10. The van der Waals surface area contributed by atoms with Crippen molar-refractivity contribution in [3.63, 3.8) is 0 Å². The molecular weight excluding hydrogens is 164 g/mol. The molecule has 0 spiro atoms. The van der Waals surface area contributed by atoms with Gasteiger partial charge in [-0.25, -0.2) is 0 Å². The Hall–Kier alpha value is -0.830. The number of aryl methyl sites for hydroxylation is 1. The molecule has 1 N–H and O–H groups in total. The molecule has 0 radical (unpaired) electrons. The SMILES string of the molecule is Cn1cc(CC(O)C2(C)CC2)cn1. The van der Waals surface area contributed by atoms with Gasteiger partial charge in [0.15, 0.2) is 0 Å².